The fourth-order valence-corrected chi connectivity index (χ4v) is 2.95. The van der Waals surface area contributed by atoms with E-state index in [0.29, 0.717) is 28.6 Å². The number of para-hydroxylation sites is 2. The summed E-state index contributed by atoms with van der Waals surface area (Å²) >= 11 is 0. The maximum Gasteiger partial charge on any atom is 0.344 e. The largest absolute Gasteiger partial charge is 0.481 e. The van der Waals surface area contributed by atoms with Crippen LogP contribution in [0.1, 0.15) is 32.0 Å². The zero-order valence-corrected chi connectivity index (χ0v) is 16.0. The number of aldehydes is 1. The van der Waals surface area contributed by atoms with Gasteiger partial charge in [0, 0.05) is 5.39 Å². The molecule has 0 amide bonds. The molecular weight excluding hydrogens is 374 g/mol. The molecule has 0 saturated heterocycles. The van der Waals surface area contributed by atoms with Crippen molar-refractivity contribution < 1.29 is 28.6 Å². The predicted molar refractivity (Wildman–Crippen MR) is 105 cm³/mol. The van der Waals surface area contributed by atoms with Gasteiger partial charge < -0.3 is 14.2 Å². The lowest BCUT2D eigenvalue weighted by Gasteiger charge is -2.14. The van der Waals surface area contributed by atoms with Crippen molar-refractivity contribution in [3.8, 4) is 5.75 Å². The molecule has 0 radical (unpaired) electrons. The Bertz CT molecular complexity index is 1080. The van der Waals surface area contributed by atoms with Crippen LogP contribution in [0.25, 0.3) is 10.9 Å². The number of hydrogen-bond donors (Lipinski definition) is 0. The minimum Gasteiger partial charge on any atom is -0.481 e. The summed E-state index contributed by atoms with van der Waals surface area (Å²) in [5, 5.41) is 0.816. The number of nitrogens with zero attached hydrogens (tertiary/aromatic N) is 1. The van der Waals surface area contributed by atoms with Crippen molar-refractivity contribution in [3.63, 3.8) is 0 Å². The highest BCUT2D eigenvalue weighted by molar-refractivity contribution is 5.98. The molecule has 0 unspecified atom stereocenters. The van der Waals surface area contributed by atoms with Gasteiger partial charge >= 0.3 is 11.9 Å². The first kappa shape index (κ1) is 20.0. The first-order valence-corrected chi connectivity index (χ1v) is 8.84. The molecule has 0 N–H and O–H groups in total. The Morgan fingerprint density at radius 3 is 2.55 bits per heavy atom. The molecule has 29 heavy (non-hydrogen) atoms. The van der Waals surface area contributed by atoms with Gasteiger partial charge in [0.2, 0.25) is 0 Å². The van der Waals surface area contributed by atoms with E-state index in [1.165, 1.54) is 7.11 Å². The SMILES string of the molecule is COC(=O)c1c(COC(=O)COc2ccccc2C=O)nc2ccccc2c1C. The number of methoxy groups -OCH3 is 1. The van der Waals surface area contributed by atoms with E-state index >= 15 is 0 Å². The van der Waals surface area contributed by atoms with E-state index in [0.717, 1.165) is 5.39 Å². The van der Waals surface area contributed by atoms with Crippen LogP contribution in [-0.2, 0) is 20.9 Å². The first-order valence-electron chi connectivity index (χ1n) is 8.84. The molecule has 0 aliphatic rings. The van der Waals surface area contributed by atoms with E-state index in [1.54, 1.807) is 31.2 Å². The van der Waals surface area contributed by atoms with E-state index in [9.17, 15) is 14.4 Å². The Hall–Kier alpha value is -3.74. The molecule has 0 atom stereocenters. The standard InChI is InChI=1S/C22H19NO6/c1-14-16-8-4-5-9-17(16)23-18(21(14)22(26)27-2)12-29-20(25)13-28-19-10-6-3-7-15(19)11-24/h3-11H,12-13H2,1-2H3. The van der Waals surface area contributed by atoms with E-state index in [4.69, 9.17) is 14.2 Å². The highest BCUT2D eigenvalue weighted by Gasteiger charge is 2.20. The highest BCUT2D eigenvalue weighted by Crippen LogP contribution is 2.24. The Kier molecular flexibility index (Phi) is 6.19. The summed E-state index contributed by atoms with van der Waals surface area (Å²) in [5.41, 5.74) is 2.28. The second-order valence-corrected chi connectivity index (χ2v) is 6.17. The average molecular weight is 393 g/mol. The molecule has 0 bridgehead atoms. The van der Waals surface area contributed by atoms with Crippen molar-refractivity contribution in [2.75, 3.05) is 13.7 Å². The number of carbonyl (C=O) groups is 3. The molecular formula is C22H19NO6. The summed E-state index contributed by atoms with van der Waals surface area (Å²) in [5.74, 6) is -0.925. The number of esters is 2. The third-order valence-electron chi connectivity index (χ3n) is 4.38. The molecule has 1 heterocycles. The number of aromatic nitrogens is 1. The predicted octanol–water partition coefficient (Wildman–Crippen LogP) is 3.26. The molecule has 3 rings (SSSR count). The van der Waals surface area contributed by atoms with Crippen LogP contribution in [0, 0.1) is 6.92 Å². The summed E-state index contributed by atoms with van der Waals surface area (Å²) in [4.78, 5) is 39.8. The van der Waals surface area contributed by atoms with Crippen molar-refractivity contribution in [3.05, 3.63) is 70.9 Å². The number of hydrogen-bond acceptors (Lipinski definition) is 7. The number of pyridine rings is 1. The quantitative estimate of drug-likeness (QED) is 0.449. The van der Waals surface area contributed by atoms with Crippen LogP contribution in [0.3, 0.4) is 0 Å². The Morgan fingerprint density at radius 2 is 1.79 bits per heavy atom. The molecule has 0 saturated carbocycles. The fraction of sp³-hybridized carbons (Fsp3) is 0.182. The van der Waals surface area contributed by atoms with Crippen LogP contribution in [-0.4, -0.2) is 36.9 Å². The first-order chi connectivity index (χ1) is 14.0. The van der Waals surface area contributed by atoms with E-state index in [1.807, 2.05) is 24.3 Å². The molecule has 7 nitrogen and oxygen atoms in total. The lowest BCUT2D eigenvalue weighted by molar-refractivity contribution is -0.147. The number of benzene rings is 2. The second kappa shape index (κ2) is 8.97. The summed E-state index contributed by atoms with van der Waals surface area (Å²) in [6.45, 7) is 1.19. The zero-order valence-electron chi connectivity index (χ0n) is 16.0. The molecule has 3 aromatic rings. The van der Waals surface area contributed by atoms with Crippen LogP contribution in [0.5, 0.6) is 5.75 Å². The summed E-state index contributed by atoms with van der Waals surface area (Å²) in [6, 6.07) is 13.9. The van der Waals surface area contributed by atoms with Crippen LogP contribution in [0.4, 0.5) is 0 Å². The molecule has 2 aromatic carbocycles. The summed E-state index contributed by atoms with van der Waals surface area (Å²) < 4.78 is 15.5. The van der Waals surface area contributed by atoms with E-state index < -0.39 is 11.9 Å². The maximum absolute atomic E-state index is 12.3. The topological polar surface area (TPSA) is 91.8 Å². The van der Waals surface area contributed by atoms with Gasteiger partial charge in [-0.1, -0.05) is 30.3 Å². The minimum atomic E-state index is -0.658. The van der Waals surface area contributed by atoms with Gasteiger partial charge in [0.15, 0.2) is 12.9 Å². The molecule has 0 fully saturated rings. The molecule has 7 heteroatoms. The number of ether oxygens (including phenoxy) is 3. The second-order valence-electron chi connectivity index (χ2n) is 6.17. The maximum atomic E-state index is 12.3. The summed E-state index contributed by atoms with van der Waals surface area (Å²) in [6.07, 6.45) is 0.644. The average Bonchev–Trinajstić information content (AvgIpc) is 2.76. The Morgan fingerprint density at radius 1 is 1.07 bits per heavy atom. The Balaban J connectivity index is 1.76. The van der Waals surface area contributed by atoms with Gasteiger partial charge in [-0.15, -0.1) is 0 Å². The number of carbonyl (C=O) groups excluding carboxylic acids is 3. The van der Waals surface area contributed by atoms with Gasteiger partial charge in [-0.05, 0) is 30.7 Å². The van der Waals surface area contributed by atoms with Crippen molar-refractivity contribution >= 4 is 29.1 Å². The van der Waals surface area contributed by atoms with Crippen LogP contribution >= 0.6 is 0 Å². The molecule has 148 valence electrons. The molecule has 1 aromatic heterocycles. The van der Waals surface area contributed by atoms with Crippen molar-refractivity contribution in [2.24, 2.45) is 0 Å². The van der Waals surface area contributed by atoms with Gasteiger partial charge in [-0.2, -0.15) is 0 Å². The molecule has 0 aliphatic heterocycles. The van der Waals surface area contributed by atoms with Gasteiger partial charge in [0.05, 0.1) is 29.4 Å². The van der Waals surface area contributed by atoms with Crippen LogP contribution < -0.4 is 4.74 Å². The van der Waals surface area contributed by atoms with Gasteiger partial charge in [0.25, 0.3) is 0 Å². The van der Waals surface area contributed by atoms with E-state index in [2.05, 4.69) is 4.98 Å². The van der Waals surface area contributed by atoms with Crippen LogP contribution in [0.2, 0.25) is 0 Å². The van der Waals surface area contributed by atoms with Crippen molar-refractivity contribution in [2.45, 2.75) is 13.5 Å². The zero-order chi connectivity index (χ0) is 20.8. The van der Waals surface area contributed by atoms with E-state index in [-0.39, 0.29) is 24.5 Å². The third kappa shape index (κ3) is 4.40. The smallest absolute Gasteiger partial charge is 0.344 e. The van der Waals surface area contributed by atoms with Gasteiger partial charge in [-0.25, -0.2) is 14.6 Å². The van der Waals surface area contributed by atoms with Gasteiger partial charge in [0.1, 0.15) is 12.4 Å². The lowest BCUT2D eigenvalue weighted by atomic mass is 10.0. The monoisotopic (exact) mass is 393 g/mol. The summed E-state index contributed by atoms with van der Waals surface area (Å²) in [7, 11) is 1.28. The molecule has 0 spiro atoms. The van der Waals surface area contributed by atoms with Crippen LogP contribution in [0.15, 0.2) is 48.5 Å². The minimum absolute atomic E-state index is 0.215. The van der Waals surface area contributed by atoms with Crippen molar-refractivity contribution in [1.82, 2.24) is 4.98 Å². The third-order valence-corrected chi connectivity index (χ3v) is 4.38. The normalized spacial score (nSPS) is 10.4. The Labute approximate surface area is 167 Å². The molecule has 0 aliphatic carbocycles. The highest BCUT2D eigenvalue weighted by atomic mass is 16.6. The number of fused-ring (bicyclic) bond motifs is 1. The number of rotatable bonds is 7. The van der Waals surface area contributed by atoms with Crippen molar-refractivity contribution in [1.29, 1.82) is 0 Å². The fourth-order valence-electron chi connectivity index (χ4n) is 2.95. The number of aryl methyl sites for hydroxylation is 1. The lowest BCUT2D eigenvalue weighted by Crippen LogP contribution is -2.18. The van der Waals surface area contributed by atoms with Gasteiger partial charge in [-0.3, -0.25) is 4.79 Å².